The fraction of sp³-hybridized carbons (Fsp3) is 0.200. The number of primary amides is 1. The van der Waals surface area contributed by atoms with Crippen molar-refractivity contribution in [2.75, 3.05) is 0 Å². The van der Waals surface area contributed by atoms with Crippen LogP contribution in [0, 0.1) is 0 Å². The van der Waals surface area contributed by atoms with Crippen molar-refractivity contribution in [3.05, 3.63) is 30.1 Å². The summed E-state index contributed by atoms with van der Waals surface area (Å²) in [6, 6.07) is 5.44. The van der Waals surface area contributed by atoms with E-state index in [1.807, 2.05) is 23.6 Å². The molecular weight excluding hydrogens is 178 g/mol. The molecule has 2 N–H and O–H groups in total. The zero-order chi connectivity index (χ0) is 10.1. The van der Waals surface area contributed by atoms with Crippen LogP contribution < -0.4 is 5.73 Å². The molecule has 0 unspecified atom stereocenters. The van der Waals surface area contributed by atoms with E-state index in [2.05, 4.69) is 4.98 Å². The Morgan fingerprint density at radius 2 is 2.36 bits per heavy atom. The molecule has 0 aliphatic heterocycles. The summed E-state index contributed by atoms with van der Waals surface area (Å²) in [5.74, 6) is -0.433. The number of hydrogen-bond acceptors (Lipinski definition) is 2. The van der Waals surface area contributed by atoms with Gasteiger partial charge in [-0.25, -0.2) is 4.98 Å². The fourth-order valence-corrected chi connectivity index (χ4v) is 1.54. The molecule has 1 heterocycles. The van der Waals surface area contributed by atoms with Crippen LogP contribution in [0.4, 0.5) is 0 Å². The van der Waals surface area contributed by atoms with Gasteiger partial charge in [0.25, 0.3) is 5.91 Å². The number of nitrogens with two attached hydrogens (primary N) is 1. The van der Waals surface area contributed by atoms with Gasteiger partial charge >= 0.3 is 0 Å². The van der Waals surface area contributed by atoms with Crippen LogP contribution in [0.2, 0.25) is 0 Å². The van der Waals surface area contributed by atoms with E-state index >= 15 is 0 Å². The maximum absolute atomic E-state index is 11.1. The molecule has 0 spiro atoms. The lowest BCUT2D eigenvalue weighted by Crippen LogP contribution is -2.11. The van der Waals surface area contributed by atoms with Crippen LogP contribution in [-0.2, 0) is 6.54 Å². The summed E-state index contributed by atoms with van der Waals surface area (Å²) in [4.78, 5) is 15.3. The minimum atomic E-state index is -0.433. The quantitative estimate of drug-likeness (QED) is 0.770. The van der Waals surface area contributed by atoms with Gasteiger partial charge < -0.3 is 10.3 Å². The fourth-order valence-electron chi connectivity index (χ4n) is 1.54. The lowest BCUT2D eigenvalue weighted by molar-refractivity contribution is 0.100. The third-order valence-electron chi connectivity index (χ3n) is 2.26. The summed E-state index contributed by atoms with van der Waals surface area (Å²) in [6.07, 6.45) is 1.72. The van der Waals surface area contributed by atoms with Crippen LogP contribution in [-0.4, -0.2) is 15.5 Å². The zero-order valence-electron chi connectivity index (χ0n) is 7.90. The van der Waals surface area contributed by atoms with Gasteiger partial charge in [0, 0.05) is 6.54 Å². The van der Waals surface area contributed by atoms with Gasteiger partial charge in [0.15, 0.2) is 0 Å². The normalized spacial score (nSPS) is 10.6. The van der Waals surface area contributed by atoms with Crippen molar-refractivity contribution in [1.82, 2.24) is 9.55 Å². The summed E-state index contributed by atoms with van der Waals surface area (Å²) < 4.78 is 1.97. The van der Waals surface area contributed by atoms with Crippen LogP contribution in [0.15, 0.2) is 24.5 Å². The van der Waals surface area contributed by atoms with E-state index in [1.165, 1.54) is 0 Å². The third kappa shape index (κ3) is 1.16. The highest BCUT2D eigenvalue weighted by atomic mass is 16.1. The van der Waals surface area contributed by atoms with Gasteiger partial charge in [0.05, 0.1) is 17.4 Å². The number of hydrogen-bond donors (Lipinski definition) is 1. The van der Waals surface area contributed by atoms with Crippen molar-refractivity contribution >= 4 is 16.9 Å². The number of amides is 1. The zero-order valence-corrected chi connectivity index (χ0v) is 7.90. The topological polar surface area (TPSA) is 60.9 Å². The molecule has 1 aromatic carbocycles. The molecule has 4 heteroatoms. The van der Waals surface area contributed by atoms with Crippen LogP contribution in [0.5, 0.6) is 0 Å². The molecule has 0 bridgehead atoms. The molecular formula is C10H11N3O. The number of imidazole rings is 1. The average Bonchev–Trinajstić information content (AvgIpc) is 2.59. The van der Waals surface area contributed by atoms with E-state index in [9.17, 15) is 4.79 Å². The van der Waals surface area contributed by atoms with Gasteiger partial charge in [-0.15, -0.1) is 0 Å². The minimum absolute atomic E-state index is 0.433. The van der Waals surface area contributed by atoms with Crippen LogP contribution in [0.1, 0.15) is 17.3 Å². The van der Waals surface area contributed by atoms with Crippen molar-refractivity contribution in [3.63, 3.8) is 0 Å². The van der Waals surface area contributed by atoms with Gasteiger partial charge in [-0.1, -0.05) is 6.07 Å². The first-order valence-corrected chi connectivity index (χ1v) is 4.47. The Morgan fingerprint density at radius 1 is 1.57 bits per heavy atom. The SMILES string of the molecule is CCn1cnc2c(C(N)=O)cccc21. The second kappa shape index (κ2) is 3.14. The molecule has 1 amide bonds. The first-order chi connectivity index (χ1) is 6.74. The number of fused-ring (bicyclic) bond motifs is 1. The molecule has 0 fully saturated rings. The molecule has 0 saturated heterocycles. The van der Waals surface area contributed by atoms with E-state index < -0.39 is 5.91 Å². The Labute approximate surface area is 81.3 Å². The number of rotatable bonds is 2. The molecule has 2 aromatic rings. The van der Waals surface area contributed by atoms with Gasteiger partial charge in [-0.2, -0.15) is 0 Å². The second-order valence-corrected chi connectivity index (χ2v) is 3.07. The van der Waals surface area contributed by atoms with E-state index in [0.717, 1.165) is 12.1 Å². The Balaban J connectivity index is 2.76. The number of carbonyl (C=O) groups is 1. The van der Waals surface area contributed by atoms with E-state index in [4.69, 9.17) is 5.73 Å². The maximum Gasteiger partial charge on any atom is 0.250 e. The predicted molar refractivity (Wildman–Crippen MR) is 53.9 cm³/mol. The summed E-state index contributed by atoms with van der Waals surface area (Å²) in [6.45, 7) is 2.86. The molecule has 1 aromatic heterocycles. The van der Waals surface area contributed by atoms with Gasteiger partial charge in [0.2, 0.25) is 0 Å². The Kier molecular flexibility index (Phi) is 1.96. The summed E-state index contributed by atoms with van der Waals surface area (Å²) in [5, 5.41) is 0. The van der Waals surface area contributed by atoms with Crippen LogP contribution in [0.25, 0.3) is 11.0 Å². The lowest BCUT2D eigenvalue weighted by atomic mass is 10.2. The second-order valence-electron chi connectivity index (χ2n) is 3.07. The van der Waals surface area contributed by atoms with Crippen molar-refractivity contribution in [3.8, 4) is 0 Å². The van der Waals surface area contributed by atoms with E-state index in [-0.39, 0.29) is 0 Å². The monoisotopic (exact) mass is 189 g/mol. The smallest absolute Gasteiger partial charge is 0.250 e. The lowest BCUT2D eigenvalue weighted by Gasteiger charge is -1.99. The van der Waals surface area contributed by atoms with Gasteiger partial charge in [-0.05, 0) is 19.1 Å². The van der Waals surface area contributed by atoms with Crippen LogP contribution in [0.3, 0.4) is 0 Å². The molecule has 0 aliphatic carbocycles. The van der Waals surface area contributed by atoms with Crippen molar-refractivity contribution < 1.29 is 4.79 Å². The number of benzene rings is 1. The average molecular weight is 189 g/mol. The minimum Gasteiger partial charge on any atom is -0.366 e. The molecule has 0 radical (unpaired) electrons. The highest BCUT2D eigenvalue weighted by Crippen LogP contribution is 2.16. The number of aromatic nitrogens is 2. The third-order valence-corrected chi connectivity index (χ3v) is 2.26. The van der Waals surface area contributed by atoms with Crippen molar-refractivity contribution in [2.24, 2.45) is 5.73 Å². The van der Waals surface area contributed by atoms with Crippen molar-refractivity contribution in [2.45, 2.75) is 13.5 Å². The maximum atomic E-state index is 11.1. The molecule has 0 aliphatic rings. The van der Waals surface area contributed by atoms with E-state index in [1.54, 1.807) is 12.4 Å². The number of nitrogens with zero attached hydrogens (tertiary/aromatic N) is 2. The first kappa shape index (κ1) is 8.74. The molecule has 72 valence electrons. The first-order valence-electron chi connectivity index (χ1n) is 4.47. The summed E-state index contributed by atoms with van der Waals surface area (Å²) in [5.41, 5.74) is 7.35. The molecule has 0 saturated carbocycles. The molecule has 4 nitrogen and oxygen atoms in total. The molecule has 2 rings (SSSR count). The highest BCUT2D eigenvalue weighted by Gasteiger charge is 2.09. The molecule has 14 heavy (non-hydrogen) atoms. The number of carbonyl (C=O) groups excluding carboxylic acids is 1. The van der Waals surface area contributed by atoms with Crippen LogP contribution >= 0.6 is 0 Å². The highest BCUT2D eigenvalue weighted by molar-refractivity contribution is 6.04. The predicted octanol–water partition coefficient (Wildman–Crippen LogP) is 1.16. The summed E-state index contributed by atoms with van der Waals surface area (Å²) in [7, 11) is 0. The van der Waals surface area contributed by atoms with Crippen molar-refractivity contribution in [1.29, 1.82) is 0 Å². The van der Waals surface area contributed by atoms with Gasteiger partial charge in [-0.3, -0.25) is 4.79 Å². The standard InChI is InChI=1S/C10H11N3O/c1-2-13-6-12-9-7(10(11)14)4-3-5-8(9)13/h3-6H,2H2,1H3,(H2,11,14). The summed E-state index contributed by atoms with van der Waals surface area (Å²) >= 11 is 0. The number of para-hydroxylation sites is 1. The number of aryl methyl sites for hydroxylation is 1. The Morgan fingerprint density at radius 3 is 3.00 bits per heavy atom. The Hall–Kier alpha value is -1.84. The van der Waals surface area contributed by atoms with E-state index in [0.29, 0.717) is 11.1 Å². The molecule has 0 atom stereocenters. The Bertz CT molecular complexity index is 487. The van der Waals surface area contributed by atoms with Gasteiger partial charge in [0.1, 0.15) is 5.52 Å². The largest absolute Gasteiger partial charge is 0.366 e.